The zero-order chi connectivity index (χ0) is 21.6. The summed E-state index contributed by atoms with van der Waals surface area (Å²) in [6, 6.07) is 20.1. The van der Waals surface area contributed by atoms with Crippen molar-refractivity contribution in [3.05, 3.63) is 99.6 Å². The molecule has 0 saturated carbocycles. The number of hydrogen-bond donors (Lipinski definition) is 0. The Balaban J connectivity index is 1.78. The third kappa shape index (κ3) is 2.73. The molecule has 1 aromatic heterocycles. The number of Topliss-reactive ketones (excluding diaryl/α,β-unsaturated/α-hetero) is 1. The highest BCUT2D eigenvalue weighted by Crippen LogP contribution is 2.60. The van der Waals surface area contributed by atoms with Gasteiger partial charge in [-0.1, -0.05) is 42.5 Å². The molecule has 31 heavy (non-hydrogen) atoms. The number of carbonyl (C=O) groups excluding carboxylic acids is 1. The summed E-state index contributed by atoms with van der Waals surface area (Å²) in [5, 5.41) is 22.6. The van der Waals surface area contributed by atoms with E-state index in [1.165, 1.54) is 23.5 Å². The lowest BCUT2D eigenvalue weighted by atomic mass is 9.67. The lowest BCUT2D eigenvalue weighted by Crippen LogP contribution is -2.37. The molecule has 1 fully saturated rings. The summed E-state index contributed by atoms with van der Waals surface area (Å²) in [6.07, 6.45) is 3.73. The summed E-state index contributed by atoms with van der Waals surface area (Å²) >= 11 is 1.33. The normalized spacial score (nSPS) is 22.8. The summed E-state index contributed by atoms with van der Waals surface area (Å²) in [5.41, 5.74) is 0.818. The highest BCUT2D eigenvalue weighted by atomic mass is 32.1. The molecule has 2 aliphatic rings. The Bertz CT molecular complexity index is 1250. The fourth-order valence-corrected chi connectivity index (χ4v) is 5.60. The summed E-state index contributed by atoms with van der Waals surface area (Å²) in [5.74, 6) is -1.31. The fraction of sp³-hybridized carbons (Fsp3) is 0.160. The average Bonchev–Trinajstić information content (AvgIpc) is 3.44. The van der Waals surface area contributed by atoms with E-state index in [-0.39, 0.29) is 5.78 Å². The van der Waals surface area contributed by atoms with Gasteiger partial charge < -0.3 is 4.90 Å². The Morgan fingerprint density at radius 3 is 2.45 bits per heavy atom. The molecule has 150 valence electrons. The second-order valence-electron chi connectivity index (χ2n) is 7.70. The van der Waals surface area contributed by atoms with Crippen LogP contribution in [-0.4, -0.2) is 16.7 Å². The van der Waals surface area contributed by atoms with Gasteiger partial charge in [-0.2, -0.15) is 10.5 Å². The van der Waals surface area contributed by atoms with Crippen LogP contribution in [0.2, 0.25) is 0 Å². The van der Waals surface area contributed by atoms with Crippen molar-refractivity contribution in [3.63, 3.8) is 0 Å². The van der Waals surface area contributed by atoms with Crippen molar-refractivity contribution < 1.29 is 9.18 Å². The van der Waals surface area contributed by atoms with Crippen LogP contribution in [0.25, 0.3) is 6.08 Å². The van der Waals surface area contributed by atoms with Gasteiger partial charge in [-0.15, -0.1) is 11.3 Å². The molecule has 0 amide bonds. The average molecular weight is 425 g/mol. The van der Waals surface area contributed by atoms with E-state index in [0.717, 1.165) is 11.1 Å². The van der Waals surface area contributed by atoms with Gasteiger partial charge in [0.05, 0.1) is 23.1 Å². The predicted octanol–water partition coefficient (Wildman–Crippen LogP) is 5.30. The molecule has 5 rings (SSSR count). The Labute approximate surface area is 183 Å². The number of rotatable bonds is 3. The minimum Gasteiger partial charge on any atom is -0.357 e. The van der Waals surface area contributed by atoms with E-state index in [2.05, 4.69) is 12.1 Å². The van der Waals surface area contributed by atoms with Gasteiger partial charge in [0.2, 0.25) is 0 Å². The molecule has 3 heterocycles. The van der Waals surface area contributed by atoms with Crippen LogP contribution in [0.15, 0.2) is 72.2 Å². The van der Waals surface area contributed by atoms with Gasteiger partial charge in [-0.3, -0.25) is 4.79 Å². The summed E-state index contributed by atoms with van der Waals surface area (Å²) in [6.45, 7) is 0. The molecular formula is C25H16FN3OS. The van der Waals surface area contributed by atoms with Gasteiger partial charge in [0, 0.05) is 12.1 Å². The Morgan fingerprint density at radius 1 is 1.03 bits per heavy atom. The predicted molar refractivity (Wildman–Crippen MR) is 115 cm³/mol. The van der Waals surface area contributed by atoms with Gasteiger partial charge in [-0.25, -0.2) is 4.39 Å². The standard InChI is InChI=1S/C25H16FN3OS/c26-18-9-7-17(8-10-18)21-22(23(30)20-6-3-13-31-20)29-12-11-16-4-1-2-5-19(16)24(29)25(21,14-27)15-28/h1-13,21-22,24H/t21-,22+,24+/m1/s1. The topological polar surface area (TPSA) is 67.9 Å². The first-order chi connectivity index (χ1) is 15.1. The van der Waals surface area contributed by atoms with Crippen molar-refractivity contribution >= 4 is 23.2 Å². The van der Waals surface area contributed by atoms with Crippen molar-refractivity contribution in [2.24, 2.45) is 5.41 Å². The van der Waals surface area contributed by atoms with Crippen LogP contribution in [0.3, 0.4) is 0 Å². The number of halogens is 1. The van der Waals surface area contributed by atoms with Crippen molar-refractivity contribution in [1.29, 1.82) is 10.5 Å². The first-order valence-corrected chi connectivity index (χ1v) is 10.7. The summed E-state index contributed by atoms with van der Waals surface area (Å²) in [4.78, 5) is 16.1. The zero-order valence-electron chi connectivity index (χ0n) is 16.3. The second-order valence-corrected chi connectivity index (χ2v) is 8.65. The van der Waals surface area contributed by atoms with Crippen LogP contribution >= 0.6 is 11.3 Å². The molecule has 3 aromatic rings. The first-order valence-electron chi connectivity index (χ1n) is 9.81. The quantitative estimate of drug-likeness (QED) is 0.534. The van der Waals surface area contributed by atoms with Gasteiger partial charge >= 0.3 is 0 Å². The number of nitriles is 2. The molecule has 0 aliphatic carbocycles. The summed E-state index contributed by atoms with van der Waals surface area (Å²) < 4.78 is 13.7. The van der Waals surface area contributed by atoms with E-state index >= 15 is 0 Å². The molecule has 2 aliphatic heterocycles. The molecular weight excluding hydrogens is 409 g/mol. The van der Waals surface area contributed by atoms with E-state index < -0.39 is 29.2 Å². The van der Waals surface area contributed by atoms with E-state index in [9.17, 15) is 19.7 Å². The lowest BCUT2D eigenvalue weighted by Gasteiger charge is -2.34. The summed E-state index contributed by atoms with van der Waals surface area (Å²) in [7, 11) is 0. The number of thiophene rings is 1. The van der Waals surface area contributed by atoms with Gasteiger partial charge in [0.1, 0.15) is 11.9 Å². The van der Waals surface area contributed by atoms with Gasteiger partial charge in [0.15, 0.2) is 11.2 Å². The van der Waals surface area contributed by atoms with Crippen LogP contribution in [0, 0.1) is 33.9 Å². The maximum absolute atomic E-state index is 13.7. The molecule has 3 atom stereocenters. The molecule has 0 radical (unpaired) electrons. The molecule has 0 N–H and O–H groups in total. The molecule has 0 bridgehead atoms. The molecule has 4 nitrogen and oxygen atoms in total. The van der Waals surface area contributed by atoms with Gasteiger partial charge in [0.25, 0.3) is 0 Å². The van der Waals surface area contributed by atoms with Crippen LogP contribution in [0.1, 0.15) is 38.3 Å². The number of ketones is 1. The lowest BCUT2D eigenvalue weighted by molar-refractivity contribution is 0.0879. The maximum Gasteiger partial charge on any atom is 0.195 e. The maximum atomic E-state index is 13.7. The Morgan fingerprint density at radius 2 is 1.77 bits per heavy atom. The number of nitrogens with zero attached hydrogens (tertiary/aromatic N) is 3. The van der Waals surface area contributed by atoms with Crippen molar-refractivity contribution in [1.82, 2.24) is 4.90 Å². The van der Waals surface area contributed by atoms with Crippen LogP contribution < -0.4 is 0 Å². The molecule has 2 aromatic carbocycles. The first kappa shape index (κ1) is 19.2. The fourth-order valence-electron chi connectivity index (χ4n) is 4.90. The molecule has 0 unspecified atom stereocenters. The van der Waals surface area contributed by atoms with Gasteiger partial charge in [-0.05, 0) is 46.3 Å². The van der Waals surface area contributed by atoms with E-state index in [0.29, 0.717) is 10.4 Å². The van der Waals surface area contributed by atoms with Crippen molar-refractivity contribution in [3.8, 4) is 12.1 Å². The monoisotopic (exact) mass is 425 g/mol. The SMILES string of the molecule is N#CC1(C#N)[C@H](c2ccc(F)cc2)[C@@H](C(=O)c2cccs2)N2C=Cc3ccccc3[C@H]21. The van der Waals surface area contributed by atoms with Crippen LogP contribution in [0.4, 0.5) is 4.39 Å². The number of carbonyl (C=O) groups is 1. The van der Waals surface area contributed by atoms with E-state index in [1.807, 2.05) is 46.8 Å². The largest absolute Gasteiger partial charge is 0.357 e. The molecule has 1 saturated heterocycles. The molecule has 0 spiro atoms. The number of fused-ring (bicyclic) bond motifs is 3. The van der Waals surface area contributed by atoms with Crippen LogP contribution in [0.5, 0.6) is 0 Å². The highest BCUT2D eigenvalue weighted by Gasteiger charge is 2.63. The van der Waals surface area contributed by atoms with Crippen molar-refractivity contribution in [2.45, 2.75) is 18.0 Å². The zero-order valence-corrected chi connectivity index (χ0v) is 17.1. The Kier molecular flexibility index (Phi) is 4.46. The second kappa shape index (κ2) is 7.19. The van der Waals surface area contributed by atoms with Crippen molar-refractivity contribution in [2.75, 3.05) is 0 Å². The minimum absolute atomic E-state index is 0.147. The molecule has 6 heteroatoms. The smallest absolute Gasteiger partial charge is 0.195 e. The number of benzene rings is 2. The highest BCUT2D eigenvalue weighted by molar-refractivity contribution is 7.12. The third-order valence-corrected chi connectivity index (χ3v) is 7.09. The minimum atomic E-state index is -1.53. The number of hydrogen-bond acceptors (Lipinski definition) is 5. The third-order valence-electron chi connectivity index (χ3n) is 6.21. The van der Waals surface area contributed by atoms with E-state index in [1.54, 1.807) is 24.3 Å². The van der Waals surface area contributed by atoms with Crippen LogP contribution in [-0.2, 0) is 0 Å². The Hall–Kier alpha value is -3.74. The van der Waals surface area contributed by atoms with E-state index in [4.69, 9.17) is 0 Å².